The maximum absolute atomic E-state index is 12.7. The first kappa shape index (κ1) is 14.8. The second-order valence-corrected chi connectivity index (χ2v) is 6.18. The molecule has 1 aromatic carbocycles. The van der Waals surface area contributed by atoms with Crippen LogP contribution in [-0.4, -0.2) is 34.4 Å². The van der Waals surface area contributed by atoms with Crippen LogP contribution in [0.25, 0.3) is 11.1 Å². The van der Waals surface area contributed by atoms with Crippen molar-refractivity contribution in [3.63, 3.8) is 0 Å². The van der Waals surface area contributed by atoms with E-state index in [2.05, 4.69) is 27.2 Å². The molecule has 3 aromatic rings. The Kier molecular flexibility index (Phi) is 3.54. The Morgan fingerprint density at radius 3 is 3.08 bits per heavy atom. The lowest BCUT2D eigenvalue weighted by molar-refractivity contribution is 0.102. The van der Waals surface area contributed by atoms with Crippen molar-refractivity contribution in [2.75, 3.05) is 18.9 Å². The summed E-state index contributed by atoms with van der Waals surface area (Å²) in [7, 11) is 2.07. The fraction of sp³-hybridized carbons (Fsp3) is 0.278. The van der Waals surface area contributed by atoms with Crippen molar-refractivity contribution in [3.8, 4) is 0 Å². The lowest BCUT2D eigenvalue weighted by Gasteiger charge is -2.25. The number of oxazole rings is 1. The maximum Gasteiger partial charge on any atom is 0.257 e. The number of aromatic nitrogens is 2. The van der Waals surface area contributed by atoms with E-state index in [0.29, 0.717) is 22.7 Å². The number of amides is 1. The van der Waals surface area contributed by atoms with Gasteiger partial charge >= 0.3 is 0 Å². The topological polar surface area (TPSA) is 71.3 Å². The van der Waals surface area contributed by atoms with Crippen LogP contribution >= 0.6 is 0 Å². The average Bonchev–Trinajstić information content (AvgIpc) is 2.93. The highest BCUT2D eigenvalue weighted by Gasteiger charge is 2.20. The number of hydrogen-bond donors (Lipinski definition) is 1. The van der Waals surface area contributed by atoms with Gasteiger partial charge in [-0.2, -0.15) is 0 Å². The molecule has 4 rings (SSSR count). The number of benzene rings is 1. The maximum atomic E-state index is 12.7. The Hall–Kier alpha value is -2.73. The monoisotopic (exact) mass is 322 g/mol. The molecule has 1 N–H and O–H groups in total. The number of pyridine rings is 1. The zero-order valence-electron chi connectivity index (χ0n) is 13.7. The van der Waals surface area contributed by atoms with E-state index in [0.717, 1.165) is 36.2 Å². The van der Waals surface area contributed by atoms with E-state index in [9.17, 15) is 4.79 Å². The molecule has 0 atom stereocenters. The minimum atomic E-state index is -0.136. The van der Waals surface area contributed by atoms with Gasteiger partial charge in [0.05, 0.1) is 5.56 Å². The molecule has 0 radical (unpaired) electrons. The average molecular weight is 322 g/mol. The molecule has 0 unspecified atom stereocenters. The first-order chi connectivity index (χ1) is 11.6. The van der Waals surface area contributed by atoms with E-state index < -0.39 is 0 Å². The largest absolute Gasteiger partial charge is 0.441 e. The number of aryl methyl sites for hydroxylation is 1. The Morgan fingerprint density at radius 2 is 2.21 bits per heavy atom. The van der Waals surface area contributed by atoms with Gasteiger partial charge in [-0.3, -0.25) is 9.78 Å². The molecular formula is C18H18N4O2. The number of nitrogens with zero attached hydrogens (tertiary/aromatic N) is 3. The first-order valence-electron chi connectivity index (χ1n) is 7.93. The van der Waals surface area contributed by atoms with Crippen molar-refractivity contribution in [3.05, 3.63) is 53.2 Å². The van der Waals surface area contributed by atoms with Crippen molar-refractivity contribution < 1.29 is 9.21 Å². The number of carbonyl (C=O) groups is 1. The van der Waals surface area contributed by atoms with Crippen LogP contribution in [0.15, 0.2) is 35.0 Å². The Morgan fingerprint density at radius 1 is 1.33 bits per heavy atom. The quantitative estimate of drug-likeness (QED) is 0.785. The van der Waals surface area contributed by atoms with Crippen LogP contribution in [0.3, 0.4) is 0 Å². The summed E-state index contributed by atoms with van der Waals surface area (Å²) in [6.45, 7) is 3.58. The molecule has 0 saturated carbocycles. The number of hydrogen-bond acceptors (Lipinski definition) is 5. The number of likely N-dealkylation sites (N-methyl/N-ethyl adjacent to an activating group) is 1. The van der Waals surface area contributed by atoms with Gasteiger partial charge in [-0.1, -0.05) is 0 Å². The standard InChI is InChI=1S/C18H18N4O2/c1-11-20-16-7-13(3-4-17(16)24-11)21-18(23)15-9-19-8-12-10-22(2)6-5-14(12)15/h3-4,7-9H,5-6,10H2,1-2H3,(H,21,23). The molecule has 1 aliphatic rings. The molecule has 0 bridgehead atoms. The van der Waals surface area contributed by atoms with Gasteiger partial charge in [0.25, 0.3) is 5.91 Å². The number of nitrogens with one attached hydrogen (secondary N) is 1. The van der Waals surface area contributed by atoms with Gasteiger partial charge < -0.3 is 14.6 Å². The highest BCUT2D eigenvalue weighted by atomic mass is 16.3. The first-order valence-corrected chi connectivity index (χ1v) is 7.93. The molecule has 122 valence electrons. The molecule has 0 fully saturated rings. The molecule has 24 heavy (non-hydrogen) atoms. The van der Waals surface area contributed by atoms with Crippen molar-refractivity contribution in [1.82, 2.24) is 14.9 Å². The summed E-state index contributed by atoms with van der Waals surface area (Å²) in [5.74, 6) is 0.474. The van der Waals surface area contributed by atoms with E-state index in [1.165, 1.54) is 0 Å². The molecule has 2 aromatic heterocycles. The molecule has 0 aliphatic carbocycles. The number of anilines is 1. The van der Waals surface area contributed by atoms with E-state index in [1.807, 2.05) is 24.4 Å². The van der Waals surface area contributed by atoms with Gasteiger partial charge in [0, 0.05) is 38.1 Å². The van der Waals surface area contributed by atoms with Crippen molar-refractivity contribution in [2.24, 2.45) is 0 Å². The molecule has 1 amide bonds. The van der Waals surface area contributed by atoms with Crippen molar-refractivity contribution in [2.45, 2.75) is 19.9 Å². The molecular weight excluding hydrogens is 304 g/mol. The lowest BCUT2D eigenvalue weighted by atomic mass is 9.97. The fourth-order valence-electron chi connectivity index (χ4n) is 3.15. The second-order valence-electron chi connectivity index (χ2n) is 6.18. The third-order valence-corrected chi connectivity index (χ3v) is 4.33. The summed E-state index contributed by atoms with van der Waals surface area (Å²) in [4.78, 5) is 23.5. The predicted molar refractivity (Wildman–Crippen MR) is 91.0 cm³/mol. The summed E-state index contributed by atoms with van der Waals surface area (Å²) in [6.07, 6.45) is 4.36. The van der Waals surface area contributed by atoms with Crippen LogP contribution in [0.2, 0.25) is 0 Å². The third kappa shape index (κ3) is 2.65. The van der Waals surface area contributed by atoms with Crippen LogP contribution in [0.1, 0.15) is 27.4 Å². The molecule has 0 saturated heterocycles. The van der Waals surface area contributed by atoms with Gasteiger partial charge in [0.1, 0.15) is 5.52 Å². The summed E-state index contributed by atoms with van der Waals surface area (Å²) in [5.41, 5.74) is 5.02. The molecule has 0 spiro atoms. The minimum absolute atomic E-state index is 0.136. The number of rotatable bonds is 2. The summed E-state index contributed by atoms with van der Waals surface area (Å²) in [5, 5.41) is 2.95. The Bertz CT molecular complexity index is 932. The van der Waals surface area contributed by atoms with Gasteiger partial charge in [-0.05, 0) is 42.8 Å². The van der Waals surface area contributed by atoms with Crippen molar-refractivity contribution >= 4 is 22.7 Å². The van der Waals surface area contributed by atoms with Gasteiger partial charge in [-0.25, -0.2) is 4.98 Å². The van der Waals surface area contributed by atoms with E-state index >= 15 is 0 Å². The molecule has 6 heteroatoms. The molecule has 1 aliphatic heterocycles. The zero-order chi connectivity index (χ0) is 16.7. The molecule has 3 heterocycles. The number of fused-ring (bicyclic) bond motifs is 2. The zero-order valence-corrected chi connectivity index (χ0v) is 13.7. The Labute approximate surface area is 139 Å². The van der Waals surface area contributed by atoms with Crippen molar-refractivity contribution in [1.29, 1.82) is 0 Å². The number of carbonyl (C=O) groups excluding carboxylic acids is 1. The predicted octanol–water partition coefficient (Wildman–Crippen LogP) is 2.77. The van der Waals surface area contributed by atoms with Gasteiger partial charge in [0.15, 0.2) is 11.5 Å². The van der Waals surface area contributed by atoms with Crippen LogP contribution in [-0.2, 0) is 13.0 Å². The Balaban J connectivity index is 1.63. The van der Waals surface area contributed by atoms with Crippen LogP contribution in [0.4, 0.5) is 5.69 Å². The second kappa shape index (κ2) is 5.72. The van der Waals surface area contributed by atoms with Gasteiger partial charge in [-0.15, -0.1) is 0 Å². The molecule has 6 nitrogen and oxygen atoms in total. The summed E-state index contributed by atoms with van der Waals surface area (Å²) >= 11 is 0. The highest BCUT2D eigenvalue weighted by Crippen LogP contribution is 2.23. The van der Waals surface area contributed by atoms with E-state index in [-0.39, 0.29) is 5.91 Å². The van der Waals surface area contributed by atoms with Crippen LogP contribution in [0.5, 0.6) is 0 Å². The smallest absolute Gasteiger partial charge is 0.257 e. The SMILES string of the molecule is Cc1nc2cc(NC(=O)c3cncc4c3CCN(C)C4)ccc2o1. The summed E-state index contributed by atoms with van der Waals surface area (Å²) in [6, 6.07) is 5.46. The van der Waals surface area contributed by atoms with Gasteiger partial charge in [0.2, 0.25) is 0 Å². The fourth-order valence-corrected chi connectivity index (χ4v) is 3.15. The lowest BCUT2D eigenvalue weighted by Crippen LogP contribution is -2.29. The highest BCUT2D eigenvalue weighted by molar-refractivity contribution is 6.05. The van der Waals surface area contributed by atoms with E-state index in [1.54, 1.807) is 13.1 Å². The third-order valence-electron chi connectivity index (χ3n) is 4.33. The van der Waals surface area contributed by atoms with Crippen LogP contribution < -0.4 is 5.32 Å². The van der Waals surface area contributed by atoms with Crippen LogP contribution in [0, 0.1) is 6.92 Å². The van der Waals surface area contributed by atoms with E-state index in [4.69, 9.17) is 4.42 Å². The minimum Gasteiger partial charge on any atom is -0.441 e. The summed E-state index contributed by atoms with van der Waals surface area (Å²) < 4.78 is 5.46. The normalized spacial score (nSPS) is 14.6.